The van der Waals surface area contributed by atoms with Crippen molar-refractivity contribution in [1.29, 1.82) is 0 Å². The maximum atomic E-state index is 10.6. The fourth-order valence-electron chi connectivity index (χ4n) is 1.78. The minimum absolute atomic E-state index is 0.180. The summed E-state index contributed by atoms with van der Waals surface area (Å²) >= 11 is 7.00. The van der Waals surface area contributed by atoms with E-state index in [1.165, 1.54) is 37.6 Å². The molecule has 1 atom stereocenters. The Kier molecular flexibility index (Phi) is 4.40. The highest BCUT2D eigenvalue weighted by Crippen LogP contribution is 2.35. The summed E-state index contributed by atoms with van der Waals surface area (Å²) in [6, 6.07) is 3.09. The third-order valence-electron chi connectivity index (χ3n) is 2.78. The number of methoxy groups -OCH3 is 1. The van der Waals surface area contributed by atoms with Gasteiger partial charge in [0.1, 0.15) is 11.4 Å². The van der Waals surface area contributed by atoms with Gasteiger partial charge in [-0.3, -0.25) is 10.1 Å². The first-order valence-electron chi connectivity index (χ1n) is 5.85. The fraction of sp³-hybridized carbons (Fsp3) is 0.333. The zero-order valence-corrected chi connectivity index (χ0v) is 12.8. The molecule has 7 nitrogen and oxygen atoms in total. The normalized spacial score (nSPS) is 13.7. The van der Waals surface area contributed by atoms with Crippen molar-refractivity contribution in [3.63, 3.8) is 0 Å². The number of thiazole rings is 1. The van der Waals surface area contributed by atoms with E-state index in [-0.39, 0.29) is 5.69 Å². The first kappa shape index (κ1) is 15.6. The number of nitrogens with zero attached hydrogens (tertiary/aromatic N) is 3. The lowest BCUT2D eigenvalue weighted by Gasteiger charge is -2.19. The molecule has 1 unspecified atom stereocenters. The van der Waals surface area contributed by atoms with E-state index in [1.807, 2.05) is 0 Å². The maximum Gasteiger partial charge on any atom is 0.237 e. The van der Waals surface area contributed by atoms with Crippen molar-refractivity contribution in [2.24, 2.45) is 0 Å². The van der Waals surface area contributed by atoms with E-state index in [0.717, 1.165) is 0 Å². The number of aliphatic hydroxyl groups is 1. The summed E-state index contributed by atoms with van der Waals surface area (Å²) < 4.78 is 5.56. The van der Waals surface area contributed by atoms with Gasteiger partial charge in [0.05, 0.1) is 17.7 Å². The van der Waals surface area contributed by atoms with Crippen molar-refractivity contribution in [2.45, 2.75) is 12.5 Å². The first-order chi connectivity index (χ1) is 9.83. The standard InChI is InChI=1S/C12H12ClN3O4S/c1-12(17,6-16(18)19)9-4-3-7(20-2)10(15-9)8-5-14-11(13)21-8/h3-5,17H,6H2,1-2H3. The zero-order valence-electron chi connectivity index (χ0n) is 11.2. The molecule has 0 aromatic carbocycles. The molecular formula is C12H12ClN3O4S. The van der Waals surface area contributed by atoms with Crippen molar-refractivity contribution in [1.82, 2.24) is 9.97 Å². The highest BCUT2D eigenvalue weighted by atomic mass is 35.5. The van der Waals surface area contributed by atoms with Crippen LogP contribution in [0.15, 0.2) is 18.3 Å². The molecular weight excluding hydrogens is 318 g/mol. The Labute approximate surface area is 129 Å². The molecule has 0 amide bonds. The van der Waals surface area contributed by atoms with Crippen LogP contribution < -0.4 is 4.74 Å². The second kappa shape index (κ2) is 5.92. The molecule has 0 aliphatic heterocycles. The molecule has 0 spiro atoms. The summed E-state index contributed by atoms with van der Waals surface area (Å²) in [5.74, 6) is 0.468. The second-order valence-electron chi connectivity index (χ2n) is 4.49. The van der Waals surface area contributed by atoms with Crippen LogP contribution >= 0.6 is 22.9 Å². The van der Waals surface area contributed by atoms with E-state index < -0.39 is 17.1 Å². The molecule has 9 heteroatoms. The summed E-state index contributed by atoms with van der Waals surface area (Å²) in [4.78, 5) is 18.9. The van der Waals surface area contributed by atoms with Crippen LogP contribution in [0, 0.1) is 10.1 Å². The average Bonchev–Trinajstić information content (AvgIpc) is 2.83. The van der Waals surface area contributed by atoms with Crippen molar-refractivity contribution >= 4 is 22.9 Å². The lowest BCUT2D eigenvalue weighted by atomic mass is 10.0. The molecule has 2 aromatic heterocycles. The Balaban J connectivity index is 2.49. The third-order valence-corrected chi connectivity index (χ3v) is 3.90. The Bertz CT molecular complexity index is 674. The van der Waals surface area contributed by atoms with E-state index in [0.29, 0.717) is 20.8 Å². The predicted molar refractivity (Wildman–Crippen MR) is 78.3 cm³/mol. The molecule has 0 radical (unpaired) electrons. The molecule has 0 aliphatic carbocycles. The van der Waals surface area contributed by atoms with Crippen LogP contribution in [-0.4, -0.2) is 33.7 Å². The van der Waals surface area contributed by atoms with Crippen molar-refractivity contribution < 1.29 is 14.8 Å². The Morgan fingerprint density at radius 3 is 2.81 bits per heavy atom. The average molecular weight is 330 g/mol. The minimum Gasteiger partial charge on any atom is -0.494 e. The van der Waals surface area contributed by atoms with Gasteiger partial charge in [0.25, 0.3) is 0 Å². The second-order valence-corrected chi connectivity index (χ2v) is 6.10. The van der Waals surface area contributed by atoms with Crippen LogP contribution in [0.5, 0.6) is 5.75 Å². The molecule has 1 N–H and O–H groups in total. The highest BCUT2D eigenvalue weighted by molar-refractivity contribution is 7.18. The molecule has 112 valence electrons. The summed E-state index contributed by atoms with van der Waals surface area (Å²) in [5, 5.41) is 20.9. The monoisotopic (exact) mass is 329 g/mol. The van der Waals surface area contributed by atoms with Crippen LogP contribution in [0.25, 0.3) is 10.6 Å². The van der Waals surface area contributed by atoms with Crippen LogP contribution in [-0.2, 0) is 5.60 Å². The Morgan fingerprint density at radius 1 is 1.57 bits per heavy atom. The SMILES string of the molecule is COc1ccc(C(C)(O)C[N+](=O)[O-])nc1-c1cnc(Cl)s1. The molecule has 0 bridgehead atoms. The van der Waals surface area contributed by atoms with Gasteiger partial charge in [-0.1, -0.05) is 11.6 Å². The van der Waals surface area contributed by atoms with Crippen molar-refractivity contribution in [3.8, 4) is 16.3 Å². The molecule has 0 fully saturated rings. The zero-order chi connectivity index (χ0) is 15.6. The van der Waals surface area contributed by atoms with Crippen LogP contribution in [0.2, 0.25) is 4.47 Å². The Hall–Kier alpha value is -1.77. The first-order valence-corrected chi connectivity index (χ1v) is 7.04. The van der Waals surface area contributed by atoms with Gasteiger partial charge in [0.2, 0.25) is 6.54 Å². The Morgan fingerprint density at radius 2 is 2.29 bits per heavy atom. The summed E-state index contributed by atoms with van der Waals surface area (Å²) in [7, 11) is 1.48. The van der Waals surface area contributed by atoms with Gasteiger partial charge in [0, 0.05) is 11.1 Å². The topological polar surface area (TPSA) is 98.4 Å². The number of aromatic nitrogens is 2. The highest BCUT2D eigenvalue weighted by Gasteiger charge is 2.32. The quantitative estimate of drug-likeness (QED) is 0.667. The summed E-state index contributed by atoms with van der Waals surface area (Å²) in [5.41, 5.74) is -1.07. The van der Waals surface area contributed by atoms with Gasteiger partial charge in [-0.25, -0.2) is 9.97 Å². The number of pyridine rings is 1. The summed E-state index contributed by atoms with van der Waals surface area (Å²) in [6.07, 6.45) is 1.53. The number of hydrogen-bond acceptors (Lipinski definition) is 7. The number of ether oxygens (including phenoxy) is 1. The third kappa shape index (κ3) is 3.46. The lowest BCUT2D eigenvalue weighted by Crippen LogP contribution is -2.31. The summed E-state index contributed by atoms with van der Waals surface area (Å²) in [6.45, 7) is 0.698. The van der Waals surface area contributed by atoms with Gasteiger partial charge < -0.3 is 9.84 Å². The molecule has 2 rings (SSSR count). The number of hydrogen-bond donors (Lipinski definition) is 1. The van der Waals surface area contributed by atoms with Gasteiger partial charge >= 0.3 is 0 Å². The van der Waals surface area contributed by atoms with Crippen LogP contribution in [0.1, 0.15) is 12.6 Å². The van der Waals surface area contributed by atoms with E-state index in [2.05, 4.69) is 9.97 Å². The smallest absolute Gasteiger partial charge is 0.237 e. The van der Waals surface area contributed by atoms with Crippen LogP contribution in [0.4, 0.5) is 0 Å². The molecule has 0 saturated carbocycles. The minimum atomic E-state index is -1.68. The number of nitro groups is 1. The van der Waals surface area contributed by atoms with Gasteiger partial charge in [-0.15, -0.1) is 11.3 Å². The molecule has 21 heavy (non-hydrogen) atoms. The van der Waals surface area contributed by atoms with Crippen molar-refractivity contribution in [3.05, 3.63) is 38.6 Å². The van der Waals surface area contributed by atoms with Gasteiger partial charge in [-0.2, -0.15) is 0 Å². The van der Waals surface area contributed by atoms with E-state index in [4.69, 9.17) is 16.3 Å². The number of rotatable bonds is 5. The molecule has 2 aromatic rings. The predicted octanol–water partition coefficient (Wildman–Crippen LogP) is 2.35. The largest absolute Gasteiger partial charge is 0.494 e. The molecule has 2 heterocycles. The molecule has 0 saturated heterocycles. The van der Waals surface area contributed by atoms with Gasteiger partial charge in [0.15, 0.2) is 10.1 Å². The number of halogens is 1. The lowest BCUT2D eigenvalue weighted by molar-refractivity contribution is -0.501. The molecule has 0 aliphatic rings. The van der Waals surface area contributed by atoms with Gasteiger partial charge in [-0.05, 0) is 19.1 Å². The van der Waals surface area contributed by atoms with E-state index in [1.54, 1.807) is 6.07 Å². The van der Waals surface area contributed by atoms with Crippen LogP contribution in [0.3, 0.4) is 0 Å². The fourth-order valence-corrected chi connectivity index (χ4v) is 2.72. The van der Waals surface area contributed by atoms with E-state index >= 15 is 0 Å². The van der Waals surface area contributed by atoms with E-state index in [9.17, 15) is 15.2 Å². The maximum absolute atomic E-state index is 10.6. The van der Waals surface area contributed by atoms with Crippen molar-refractivity contribution in [2.75, 3.05) is 13.7 Å².